The molecule has 0 saturated carbocycles. The minimum absolute atomic E-state index is 0.629. The minimum atomic E-state index is 0.629. The lowest BCUT2D eigenvalue weighted by atomic mass is 10.0. The van der Waals surface area contributed by atoms with Gasteiger partial charge in [0.1, 0.15) is 0 Å². The van der Waals surface area contributed by atoms with Gasteiger partial charge in [-0.05, 0) is 56.8 Å². The van der Waals surface area contributed by atoms with Gasteiger partial charge in [0.2, 0.25) is 0 Å². The largest absolute Gasteiger partial charge is 0.330 e. The minimum Gasteiger partial charge on any atom is -0.330 e. The second kappa shape index (κ2) is 6.38. The quantitative estimate of drug-likeness (QED) is 0.854. The van der Waals surface area contributed by atoms with E-state index < -0.39 is 0 Å². The highest BCUT2D eigenvalue weighted by atomic mass is 32.1. The van der Waals surface area contributed by atoms with E-state index in [2.05, 4.69) is 22.4 Å². The lowest BCUT2D eigenvalue weighted by Gasteiger charge is -2.34. The van der Waals surface area contributed by atoms with Crippen molar-refractivity contribution in [2.45, 2.75) is 38.1 Å². The molecular weight excluding hydrogens is 216 g/mol. The molecule has 2 nitrogen and oxygen atoms in total. The first-order valence-electron chi connectivity index (χ1n) is 6.39. The summed E-state index contributed by atoms with van der Waals surface area (Å²) in [6.45, 7) is 3.36. The van der Waals surface area contributed by atoms with E-state index in [1.165, 1.54) is 43.6 Å². The van der Waals surface area contributed by atoms with Gasteiger partial charge in [0.05, 0.1) is 0 Å². The van der Waals surface area contributed by atoms with Crippen LogP contribution in [-0.4, -0.2) is 24.5 Å². The molecule has 2 heterocycles. The van der Waals surface area contributed by atoms with Crippen molar-refractivity contribution >= 4 is 11.3 Å². The predicted octanol–water partition coefficient (Wildman–Crippen LogP) is 3.01. The Labute approximate surface area is 102 Å². The number of rotatable bonds is 5. The molecule has 0 amide bonds. The molecule has 1 fully saturated rings. The zero-order valence-electron chi connectivity index (χ0n) is 9.90. The van der Waals surface area contributed by atoms with Crippen LogP contribution in [0.5, 0.6) is 0 Å². The Morgan fingerprint density at radius 3 is 2.75 bits per heavy atom. The van der Waals surface area contributed by atoms with Gasteiger partial charge in [-0.3, -0.25) is 4.90 Å². The van der Waals surface area contributed by atoms with E-state index in [0.29, 0.717) is 6.04 Å². The summed E-state index contributed by atoms with van der Waals surface area (Å²) in [4.78, 5) is 4.18. The normalized spacial score (nSPS) is 19.8. The van der Waals surface area contributed by atoms with E-state index in [9.17, 15) is 0 Å². The highest BCUT2D eigenvalue weighted by Crippen LogP contribution is 2.31. The van der Waals surface area contributed by atoms with Crippen LogP contribution in [0.3, 0.4) is 0 Å². The average Bonchev–Trinajstić information content (AvgIpc) is 2.85. The molecule has 1 atom stereocenters. The third-order valence-electron chi connectivity index (χ3n) is 3.38. The van der Waals surface area contributed by atoms with Crippen LogP contribution in [0.15, 0.2) is 17.5 Å². The van der Waals surface area contributed by atoms with Crippen LogP contribution in [0, 0.1) is 0 Å². The number of likely N-dealkylation sites (tertiary alicyclic amines) is 1. The van der Waals surface area contributed by atoms with Crippen molar-refractivity contribution in [2.75, 3.05) is 19.6 Å². The SMILES string of the molecule is NCCCC(c1cccs1)N1CCCCC1. The fourth-order valence-electron chi connectivity index (χ4n) is 2.53. The molecule has 1 unspecified atom stereocenters. The van der Waals surface area contributed by atoms with E-state index in [-0.39, 0.29) is 0 Å². The van der Waals surface area contributed by atoms with Crippen LogP contribution in [0.4, 0.5) is 0 Å². The van der Waals surface area contributed by atoms with Crippen LogP contribution in [0.25, 0.3) is 0 Å². The first kappa shape index (κ1) is 12.1. The molecule has 1 aromatic heterocycles. The van der Waals surface area contributed by atoms with Gasteiger partial charge in [-0.15, -0.1) is 11.3 Å². The highest BCUT2D eigenvalue weighted by molar-refractivity contribution is 7.10. The highest BCUT2D eigenvalue weighted by Gasteiger charge is 2.22. The lowest BCUT2D eigenvalue weighted by Crippen LogP contribution is -2.33. The third kappa shape index (κ3) is 3.06. The second-order valence-electron chi connectivity index (χ2n) is 4.56. The summed E-state index contributed by atoms with van der Waals surface area (Å²) in [6.07, 6.45) is 6.50. The first-order valence-corrected chi connectivity index (χ1v) is 7.27. The fraction of sp³-hybridized carbons (Fsp3) is 0.692. The number of hydrogen-bond acceptors (Lipinski definition) is 3. The number of piperidine rings is 1. The number of nitrogens with zero attached hydrogens (tertiary/aromatic N) is 1. The molecule has 90 valence electrons. The van der Waals surface area contributed by atoms with E-state index in [1.54, 1.807) is 0 Å². The molecule has 0 spiro atoms. The van der Waals surface area contributed by atoms with Crippen molar-refractivity contribution in [2.24, 2.45) is 5.73 Å². The lowest BCUT2D eigenvalue weighted by molar-refractivity contribution is 0.156. The van der Waals surface area contributed by atoms with Gasteiger partial charge in [0, 0.05) is 10.9 Å². The molecule has 0 bridgehead atoms. The monoisotopic (exact) mass is 238 g/mol. The summed E-state index contributed by atoms with van der Waals surface area (Å²) in [6, 6.07) is 5.07. The second-order valence-corrected chi connectivity index (χ2v) is 5.54. The third-order valence-corrected chi connectivity index (χ3v) is 4.36. The summed E-state index contributed by atoms with van der Waals surface area (Å²) in [5.41, 5.74) is 5.64. The molecule has 2 N–H and O–H groups in total. The van der Waals surface area contributed by atoms with Gasteiger partial charge in [-0.25, -0.2) is 0 Å². The Bertz CT molecular complexity index is 278. The first-order chi connectivity index (χ1) is 7.92. The molecule has 1 aromatic rings. The van der Waals surface area contributed by atoms with Crippen molar-refractivity contribution in [1.82, 2.24) is 4.90 Å². The summed E-state index contributed by atoms with van der Waals surface area (Å²) in [5, 5.41) is 2.19. The average molecular weight is 238 g/mol. The van der Waals surface area contributed by atoms with Crippen LogP contribution in [0.2, 0.25) is 0 Å². The molecule has 16 heavy (non-hydrogen) atoms. The van der Waals surface area contributed by atoms with Crippen LogP contribution >= 0.6 is 11.3 Å². The van der Waals surface area contributed by atoms with Crippen molar-refractivity contribution in [3.05, 3.63) is 22.4 Å². The maximum Gasteiger partial charge on any atom is 0.0441 e. The summed E-state index contributed by atoms with van der Waals surface area (Å²) >= 11 is 1.89. The Morgan fingerprint density at radius 1 is 1.31 bits per heavy atom. The molecule has 0 aromatic carbocycles. The smallest absolute Gasteiger partial charge is 0.0441 e. The Hall–Kier alpha value is -0.380. The van der Waals surface area contributed by atoms with E-state index in [1.807, 2.05) is 11.3 Å². The molecule has 0 radical (unpaired) electrons. The topological polar surface area (TPSA) is 29.3 Å². The fourth-order valence-corrected chi connectivity index (χ4v) is 3.42. The molecule has 2 rings (SSSR count). The van der Waals surface area contributed by atoms with E-state index in [4.69, 9.17) is 5.73 Å². The van der Waals surface area contributed by atoms with Gasteiger partial charge < -0.3 is 5.73 Å². The van der Waals surface area contributed by atoms with Crippen molar-refractivity contribution in [1.29, 1.82) is 0 Å². The van der Waals surface area contributed by atoms with Crippen LogP contribution in [0.1, 0.15) is 43.0 Å². The van der Waals surface area contributed by atoms with Crippen molar-refractivity contribution in [3.8, 4) is 0 Å². The maximum atomic E-state index is 5.64. The predicted molar refractivity (Wildman–Crippen MR) is 70.8 cm³/mol. The summed E-state index contributed by atoms with van der Waals surface area (Å²) < 4.78 is 0. The summed E-state index contributed by atoms with van der Waals surface area (Å²) in [5.74, 6) is 0. The van der Waals surface area contributed by atoms with Gasteiger partial charge in [-0.2, -0.15) is 0 Å². The van der Waals surface area contributed by atoms with Gasteiger partial charge in [0.15, 0.2) is 0 Å². The van der Waals surface area contributed by atoms with E-state index in [0.717, 1.165) is 13.0 Å². The van der Waals surface area contributed by atoms with Crippen LogP contribution < -0.4 is 5.73 Å². The number of thiophene rings is 1. The van der Waals surface area contributed by atoms with E-state index >= 15 is 0 Å². The molecular formula is C13H22N2S. The molecule has 1 aliphatic rings. The molecule has 1 saturated heterocycles. The number of hydrogen-bond donors (Lipinski definition) is 1. The van der Waals surface area contributed by atoms with Gasteiger partial charge in [0.25, 0.3) is 0 Å². The zero-order chi connectivity index (χ0) is 11.2. The molecule has 0 aliphatic carbocycles. The van der Waals surface area contributed by atoms with Crippen molar-refractivity contribution in [3.63, 3.8) is 0 Å². The summed E-state index contributed by atoms with van der Waals surface area (Å²) in [7, 11) is 0. The Kier molecular flexibility index (Phi) is 4.82. The maximum absolute atomic E-state index is 5.64. The standard InChI is InChI=1S/C13H22N2S/c14-8-4-6-12(13-7-5-11-16-13)15-9-2-1-3-10-15/h5,7,11-12H,1-4,6,8-10,14H2. The number of nitrogens with two attached hydrogens (primary N) is 1. The van der Waals surface area contributed by atoms with Crippen molar-refractivity contribution < 1.29 is 0 Å². The Balaban J connectivity index is 2.01. The Morgan fingerprint density at radius 2 is 2.12 bits per heavy atom. The van der Waals surface area contributed by atoms with Gasteiger partial charge >= 0.3 is 0 Å². The molecule has 1 aliphatic heterocycles. The molecule has 3 heteroatoms. The van der Waals surface area contributed by atoms with Crippen LogP contribution in [-0.2, 0) is 0 Å². The van der Waals surface area contributed by atoms with Gasteiger partial charge in [-0.1, -0.05) is 12.5 Å². The zero-order valence-corrected chi connectivity index (χ0v) is 10.7.